The third-order valence-corrected chi connectivity index (χ3v) is 10.5. The molecule has 0 radical (unpaired) electrons. The monoisotopic (exact) mass is 316 g/mol. The Morgan fingerprint density at radius 1 is 0.905 bits per heavy atom. The topological polar surface area (TPSA) is 47.3 Å². The lowest BCUT2D eigenvalue weighted by Gasteiger charge is -2.38. The van der Waals surface area contributed by atoms with E-state index in [4.69, 9.17) is 10.2 Å². The first-order chi connectivity index (χ1) is 10.0. The van der Waals surface area contributed by atoms with Gasteiger partial charge >= 0.3 is 0 Å². The normalized spacial score (nSPS) is 12.6. The van der Waals surface area contributed by atoms with E-state index >= 15 is 0 Å². The average molecular weight is 317 g/mol. The molecular weight excluding hydrogens is 276 g/mol. The van der Waals surface area contributed by atoms with E-state index in [1.807, 2.05) is 0 Å². The van der Waals surface area contributed by atoms with Crippen LogP contribution >= 0.6 is 0 Å². The maximum absolute atomic E-state index is 6.32. The van der Waals surface area contributed by atoms with Crippen LogP contribution in [0.5, 0.6) is 0 Å². The maximum atomic E-state index is 6.32. The molecule has 0 bridgehead atoms. The summed E-state index contributed by atoms with van der Waals surface area (Å²) in [6.07, 6.45) is 6.29. The van der Waals surface area contributed by atoms with Crippen molar-refractivity contribution in [2.24, 2.45) is 5.73 Å². The molecule has 0 fully saturated rings. The van der Waals surface area contributed by atoms with Crippen molar-refractivity contribution in [3.05, 3.63) is 0 Å². The highest BCUT2D eigenvalue weighted by atomic mass is 28.4. The van der Waals surface area contributed by atoms with Gasteiger partial charge in [0.15, 0.2) is 8.32 Å². The summed E-state index contributed by atoms with van der Waals surface area (Å²) in [5, 5.41) is 3.59. The van der Waals surface area contributed by atoms with Crippen LogP contribution in [-0.2, 0) is 4.43 Å². The summed E-state index contributed by atoms with van der Waals surface area (Å²) in [5.74, 6) is 0. The zero-order chi connectivity index (χ0) is 16.1. The van der Waals surface area contributed by atoms with Crippen LogP contribution in [0, 0.1) is 0 Å². The Hall–Kier alpha value is 0.0969. The van der Waals surface area contributed by atoms with Gasteiger partial charge in [0.25, 0.3) is 0 Å². The molecule has 0 aliphatic heterocycles. The van der Waals surface area contributed by atoms with Crippen LogP contribution in [0.4, 0.5) is 0 Å². The molecule has 0 aromatic carbocycles. The largest absolute Gasteiger partial charge is 0.417 e. The summed E-state index contributed by atoms with van der Waals surface area (Å²) in [7, 11) is -1.59. The van der Waals surface area contributed by atoms with Gasteiger partial charge in [-0.05, 0) is 62.9 Å². The first-order valence-corrected chi connectivity index (χ1v) is 11.3. The molecule has 4 heteroatoms. The molecule has 0 saturated carbocycles. The zero-order valence-corrected chi connectivity index (χ0v) is 16.2. The van der Waals surface area contributed by atoms with Gasteiger partial charge in [0.05, 0.1) is 0 Å². The predicted octanol–water partition coefficient (Wildman–Crippen LogP) is 4.29. The highest BCUT2D eigenvalue weighted by molar-refractivity contribution is 6.76. The molecular formula is C17H40N2OSi. The zero-order valence-electron chi connectivity index (χ0n) is 15.2. The predicted molar refractivity (Wildman–Crippen MR) is 97.4 cm³/mol. The van der Waals surface area contributed by atoms with Crippen molar-refractivity contribution in [2.45, 2.75) is 83.8 Å². The first kappa shape index (κ1) is 21.1. The number of nitrogens with one attached hydrogen (secondary N) is 1. The quantitative estimate of drug-likeness (QED) is 0.371. The first-order valence-electron chi connectivity index (χ1n) is 9.06. The highest BCUT2D eigenvalue weighted by Gasteiger charge is 2.40. The van der Waals surface area contributed by atoms with E-state index in [1.165, 1.54) is 38.1 Å². The van der Waals surface area contributed by atoms with Gasteiger partial charge in [-0.1, -0.05) is 40.5 Å². The summed E-state index contributed by atoms with van der Waals surface area (Å²) in [4.78, 5) is 0. The van der Waals surface area contributed by atoms with Crippen LogP contribution in [0.2, 0.25) is 17.1 Å². The smallest absolute Gasteiger partial charge is 0.197 e. The Kier molecular flexibility index (Phi) is 12.7. The van der Waals surface area contributed by atoms with Crippen molar-refractivity contribution >= 4 is 8.32 Å². The Bertz CT molecular complexity index is 227. The summed E-state index contributed by atoms with van der Waals surface area (Å²) in [6, 6.07) is 1.29. The van der Waals surface area contributed by atoms with E-state index in [1.54, 1.807) is 0 Å². The molecule has 0 atom stereocenters. The second-order valence-electron chi connectivity index (χ2n) is 6.75. The average Bonchev–Trinajstić information content (AvgIpc) is 2.43. The highest BCUT2D eigenvalue weighted by Crippen LogP contribution is 2.37. The van der Waals surface area contributed by atoms with E-state index in [0.29, 0.717) is 11.1 Å². The summed E-state index contributed by atoms with van der Waals surface area (Å²) >= 11 is 0. The molecule has 0 amide bonds. The Balaban J connectivity index is 3.88. The van der Waals surface area contributed by atoms with Crippen molar-refractivity contribution in [3.63, 3.8) is 0 Å². The van der Waals surface area contributed by atoms with Crippen LogP contribution in [-0.4, -0.2) is 34.6 Å². The second kappa shape index (κ2) is 12.6. The molecule has 3 nitrogen and oxygen atoms in total. The fraction of sp³-hybridized carbons (Fsp3) is 1.00. The fourth-order valence-electron chi connectivity index (χ4n) is 3.28. The van der Waals surface area contributed by atoms with Crippen molar-refractivity contribution in [2.75, 3.05) is 26.2 Å². The van der Waals surface area contributed by atoms with Crippen LogP contribution in [0.3, 0.4) is 0 Å². The van der Waals surface area contributed by atoms with Gasteiger partial charge in [0, 0.05) is 6.61 Å². The van der Waals surface area contributed by atoms with Gasteiger partial charge < -0.3 is 15.5 Å². The Labute approximate surface area is 134 Å². The molecule has 0 aromatic rings. The molecule has 0 aliphatic rings. The van der Waals surface area contributed by atoms with Gasteiger partial charge in [0.1, 0.15) is 0 Å². The van der Waals surface area contributed by atoms with Crippen LogP contribution in [0.25, 0.3) is 0 Å². The van der Waals surface area contributed by atoms with Gasteiger partial charge in [-0.2, -0.15) is 0 Å². The molecule has 0 heterocycles. The van der Waals surface area contributed by atoms with Crippen LogP contribution in [0.15, 0.2) is 0 Å². The summed E-state index contributed by atoms with van der Waals surface area (Å²) in [5.41, 5.74) is 6.90. The van der Waals surface area contributed by atoms with E-state index in [2.05, 4.69) is 39.9 Å². The SMILES string of the molecule is CCO[Si](CCCNCCCCCCN)(C(C)C)C(C)C. The van der Waals surface area contributed by atoms with E-state index in [9.17, 15) is 0 Å². The van der Waals surface area contributed by atoms with Crippen LogP contribution in [0.1, 0.15) is 66.7 Å². The van der Waals surface area contributed by atoms with E-state index < -0.39 is 8.32 Å². The lowest BCUT2D eigenvalue weighted by Crippen LogP contribution is -2.45. The van der Waals surface area contributed by atoms with E-state index in [0.717, 1.165) is 26.2 Å². The van der Waals surface area contributed by atoms with Gasteiger partial charge in [-0.25, -0.2) is 0 Å². The third kappa shape index (κ3) is 8.34. The molecule has 0 spiro atoms. The summed E-state index contributed by atoms with van der Waals surface area (Å²) < 4.78 is 6.32. The molecule has 0 aromatic heterocycles. The van der Waals surface area contributed by atoms with Crippen molar-refractivity contribution < 1.29 is 4.43 Å². The number of hydrogen-bond acceptors (Lipinski definition) is 3. The minimum absolute atomic E-state index is 0.703. The molecule has 0 unspecified atom stereocenters. The Morgan fingerprint density at radius 3 is 2.00 bits per heavy atom. The Morgan fingerprint density at radius 2 is 1.48 bits per heavy atom. The number of unbranched alkanes of at least 4 members (excludes halogenated alkanes) is 3. The van der Waals surface area contributed by atoms with Gasteiger partial charge in [0.2, 0.25) is 0 Å². The molecule has 128 valence electrons. The van der Waals surface area contributed by atoms with Crippen molar-refractivity contribution in [1.82, 2.24) is 5.32 Å². The minimum Gasteiger partial charge on any atom is -0.417 e. The van der Waals surface area contributed by atoms with E-state index in [-0.39, 0.29) is 0 Å². The fourth-order valence-corrected chi connectivity index (χ4v) is 7.85. The van der Waals surface area contributed by atoms with Crippen molar-refractivity contribution in [3.8, 4) is 0 Å². The molecule has 0 rings (SSSR count). The second-order valence-corrected chi connectivity index (χ2v) is 11.8. The van der Waals surface area contributed by atoms with Gasteiger partial charge in [-0.3, -0.25) is 0 Å². The molecule has 3 N–H and O–H groups in total. The maximum Gasteiger partial charge on any atom is 0.197 e. The summed E-state index contributed by atoms with van der Waals surface area (Å²) in [6.45, 7) is 15.6. The third-order valence-electron chi connectivity index (χ3n) is 4.60. The van der Waals surface area contributed by atoms with Crippen LogP contribution < -0.4 is 11.1 Å². The standard InChI is InChI=1S/C17H40N2OSi/c1-6-20-21(16(2)3,17(4)5)15-11-14-19-13-10-8-7-9-12-18/h16-17,19H,6-15,18H2,1-5H3. The lowest BCUT2D eigenvalue weighted by molar-refractivity contribution is 0.302. The minimum atomic E-state index is -1.59. The molecule has 21 heavy (non-hydrogen) atoms. The van der Waals surface area contributed by atoms with Gasteiger partial charge in [-0.15, -0.1) is 0 Å². The molecule has 0 saturated heterocycles. The number of rotatable bonds is 14. The van der Waals surface area contributed by atoms with Crippen molar-refractivity contribution in [1.29, 1.82) is 0 Å². The molecule has 0 aliphatic carbocycles. The lowest BCUT2D eigenvalue weighted by atomic mass is 10.2. The number of nitrogens with two attached hydrogens (primary N) is 1. The number of hydrogen-bond donors (Lipinski definition) is 2.